The minimum atomic E-state index is -1.02. The number of carboxylic acid groups (broad SMARTS) is 1. The summed E-state index contributed by atoms with van der Waals surface area (Å²) in [6, 6.07) is 5.87. The first-order chi connectivity index (χ1) is 13.8. The summed E-state index contributed by atoms with van der Waals surface area (Å²) >= 11 is 0. The molecule has 3 rings (SSSR count). The van der Waals surface area contributed by atoms with E-state index in [9.17, 15) is 13.6 Å². The fourth-order valence-corrected chi connectivity index (χ4v) is 3.39. The summed E-state index contributed by atoms with van der Waals surface area (Å²) in [5.74, 6) is -2.70. The highest BCUT2D eigenvalue weighted by molar-refractivity contribution is 5.69. The topological polar surface area (TPSA) is 65.0 Å². The van der Waals surface area contributed by atoms with Crippen molar-refractivity contribution >= 4 is 5.97 Å². The Morgan fingerprint density at radius 1 is 1.24 bits per heavy atom. The van der Waals surface area contributed by atoms with Crippen molar-refractivity contribution < 1.29 is 32.9 Å². The minimum Gasteiger partial charge on any atom is -0.494 e. The third kappa shape index (κ3) is 4.78. The van der Waals surface area contributed by atoms with Crippen molar-refractivity contribution in [3.8, 4) is 17.2 Å². The van der Waals surface area contributed by atoms with E-state index in [4.69, 9.17) is 19.3 Å². The summed E-state index contributed by atoms with van der Waals surface area (Å²) in [6.07, 6.45) is 0.756. The molecule has 1 N–H and O–H groups in total. The van der Waals surface area contributed by atoms with Gasteiger partial charge in [-0.3, -0.25) is 4.79 Å². The van der Waals surface area contributed by atoms with Crippen LogP contribution in [0.25, 0.3) is 0 Å². The lowest BCUT2D eigenvalue weighted by Gasteiger charge is -2.15. The van der Waals surface area contributed by atoms with Crippen LogP contribution in [0.4, 0.5) is 8.78 Å². The number of ether oxygens (including phenoxy) is 3. The van der Waals surface area contributed by atoms with E-state index in [1.54, 1.807) is 6.07 Å². The zero-order chi connectivity index (χ0) is 21.1. The number of halogens is 2. The predicted octanol–water partition coefficient (Wildman–Crippen LogP) is 4.53. The van der Waals surface area contributed by atoms with Crippen LogP contribution >= 0.6 is 0 Å². The van der Waals surface area contributed by atoms with E-state index in [0.717, 1.165) is 24.1 Å². The van der Waals surface area contributed by atoms with Gasteiger partial charge in [0.25, 0.3) is 0 Å². The summed E-state index contributed by atoms with van der Waals surface area (Å²) < 4.78 is 45.7. The highest BCUT2D eigenvalue weighted by Gasteiger charge is 2.25. The van der Waals surface area contributed by atoms with E-state index >= 15 is 0 Å². The van der Waals surface area contributed by atoms with Crippen molar-refractivity contribution in [1.82, 2.24) is 0 Å². The first kappa shape index (κ1) is 20.9. The standard InChI is InChI=1S/C22H24F2O5/c1-4-27-17-9-15-6-13(3)29-20(15)16(10-17)11-28-21-18(23)7-14(8-19(21)24)5-12(2)22(25)26/h7-10,12-13H,4-6,11H2,1-3H3,(H,25,26). The molecule has 1 aliphatic rings. The van der Waals surface area contributed by atoms with Crippen LogP contribution in [0.1, 0.15) is 37.5 Å². The molecule has 29 heavy (non-hydrogen) atoms. The molecule has 0 saturated heterocycles. The Balaban J connectivity index is 1.80. The van der Waals surface area contributed by atoms with Crippen molar-refractivity contribution in [1.29, 1.82) is 0 Å². The van der Waals surface area contributed by atoms with Gasteiger partial charge in [0.05, 0.1) is 12.5 Å². The monoisotopic (exact) mass is 406 g/mol. The highest BCUT2D eigenvalue weighted by Crippen LogP contribution is 2.37. The van der Waals surface area contributed by atoms with Crippen molar-refractivity contribution in [3.63, 3.8) is 0 Å². The second-order valence-corrected chi connectivity index (χ2v) is 7.26. The Labute approximate surface area is 168 Å². The number of fused-ring (bicyclic) bond motifs is 1. The lowest BCUT2D eigenvalue weighted by atomic mass is 10.0. The number of carbonyl (C=O) groups is 1. The Bertz CT molecular complexity index is 889. The molecule has 7 heteroatoms. The molecular formula is C22H24F2O5. The van der Waals surface area contributed by atoms with Crippen LogP contribution in [0.2, 0.25) is 0 Å². The van der Waals surface area contributed by atoms with Crippen molar-refractivity contribution in [2.75, 3.05) is 6.61 Å². The van der Waals surface area contributed by atoms with Gasteiger partial charge in [-0.05, 0) is 50.1 Å². The molecule has 0 fully saturated rings. The van der Waals surface area contributed by atoms with Crippen LogP contribution in [0, 0.1) is 17.6 Å². The predicted molar refractivity (Wildman–Crippen MR) is 103 cm³/mol. The second kappa shape index (κ2) is 8.68. The molecule has 2 aromatic carbocycles. The van der Waals surface area contributed by atoms with Gasteiger partial charge >= 0.3 is 5.97 Å². The number of carboxylic acids is 1. The third-order valence-corrected chi connectivity index (χ3v) is 4.75. The van der Waals surface area contributed by atoms with Crippen LogP contribution in [0.15, 0.2) is 24.3 Å². The molecule has 0 amide bonds. The van der Waals surface area contributed by atoms with Crippen molar-refractivity contribution in [2.45, 2.75) is 46.3 Å². The summed E-state index contributed by atoms with van der Waals surface area (Å²) in [5, 5.41) is 8.97. The summed E-state index contributed by atoms with van der Waals surface area (Å²) in [4.78, 5) is 11.0. The van der Waals surface area contributed by atoms with Gasteiger partial charge in [-0.15, -0.1) is 0 Å². The van der Waals surface area contributed by atoms with Crippen LogP contribution in [0.5, 0.6) is 17.2 Å². The number of aliphatic carboxylic acids is 1. The summed E-state index contributed by atoms with van der Waals surface area (Å²) in [7, 11) is 0. The van der Waals surface area contributed by atoms with Gasteiger partial charge in [0.1, 0.15) is 24.2 Å². The zero-order valence-corrected chi connectivity index (χ0v) is 16.6. The van der Waals surface area contributed by atoms with E-state index in [1.165, 1.54) is 6.92 Å². The molecule has 0 saturated carbocycles. The Morgan fingerprint density at radius 3 is 2.55 bits per heavy atom. The van der Waals surface area contributed by atoms with Gasteiger partial charge in [-0.25, -0.2) is 8.78 Å². The minimum absolute atomic E-state index is 0.00427. The number of hydrogen-bond donors (Lipinski definition) is 1. The van der Waals surface area contributed by atoms with Gasteiger partial charge in [-0.1, -0.05) is 6.92 Å². The Hall–Kier alpha value is -2.83. The fourth-order valence-electron chi connectivity index (χ4n) is 3.39. The first-order valence-electron chi connectivity index (χ1n) is 9.57. The lowest BCUT2D eigenvalue weighted by Crippen LogP contribution is -2.13. The van der Waals surface area contributed by atoms with Crippen molar-refractivity contribution in [2.24, 2.45) is 5.92 Å². The SMILES string of the molecule is CCOc1cc(COc2c(F)cc(CC(C)C(=O)O)cc2F)c2c(c1)CC(C)O2. The molecule has 0 radical (unpaired) electrons. The second-order valence-electron chi connectivity index (χ2n) is 7.26. The highest BCUT2D eigenvalue weighted by atomic mass is 19.1. The Kier molecular flexibility index (Phi) is 6.25. The molecule has 2 aromatic rings. The molecular weight excluding hydrogens is 382 g/mol. The fraction of sp³-hybridized carbons (Fsp3) is 0.409. The van der Waals surface area contributed by atoms with E-state index in [0.29, 0.717) is 23.7 Å². The number of rotatable bonds is 8. The maximum absolute atomic E-state index is 14.4. The van der Waals surface area contributed by atoms with Gasteiger partial charge < -0.3 is 19.3 Å². The molecule has 2 unspecified atom stereocenters. The third-order valence-electron chi connectivity index (χ3n) is 4.75. The molecule has 2 atom stereocenters. The zero-order valence-electron chi connectivity index (χ0n) is 16.6. The molecule has 1 heterocycles. The van der Waals surface area contributed by atoms with Crippen LogP contribution in [-0.2, 0) is 24.2 Å². The van der Waals surface area contributed by atoms with Gasteiger partial charge in [0.15, 0.2) is 17.4 Å². The average Bonchev–Trinajstić information content (AvgIpc) is 3.01. The normalized spacial score (nSPS) is 16.1. The number of hydrogen-bond acceptors (Lipinski definition) is 4. The Morgan fingerprint density at radius 2 is 1.93 bits per heavy atom. The largest absolute Gasteiger partial charge is 0.494 e. The van der Waals surface area contributed by atoms with E-state index in [-0.39, 0.29) is 24.7 Å². The molecule has 0 spiro atoms. The van der Waals surface area contributed by atoms with Gasteiger partial charge in [0, 0.05) is 17.5 Å². The molecule has 5 nitrogen and oxygen atoms in total. The van der Waals surface area contributed by atoms with Gasteiger partial charge in [0.2, 0.25) is 0 Å². The molecule has 156 valence electrons. The maximum Gasteiger partial charge on any atom is 0.306 e. The summed E-state index contributed by atoms with van der Waals surface area (Å²) in [6.45, 7) is 5.71. The molecule has 0 bridgehead atoms. The van der Waals surface area contributed by atoms with E-state index < -0.39 is 29.3 Å². The quantitative estimate of drug-likeness (QED) is 0.698. The van der Waals surface area contributed by atoms with Gasteiger partial charge in [-0.2, -0.15) is 0 Å². The smallest absolute Gasteiger partial charge is 0.306 e. The average molecular weight is 406 g/mol. The van der Waals surface area contributed by atoms with Crippen molar-refractivity contribution in [3.05, 3.63) is 52.6 Å². The lowest BCUT2D eigenvalue weighted by molar-refractivity contribution is -0.141. The van der Waals surface area contributed by atoms with Crippen LogP contribution in [0.3, 0.4) is 0 Å². The molecule has 0 aliphatic carbocycles. The molecule has 0 aromatic heterocycles. The molecule has 1 aliphatic heterocycles. The van der Waals surface area contributed by atoms with E-state index in [2.05, 4.69) is 0 Å². The maximum atomic E-state index is 14.4. The number of benzene rings is 2. The van der Waals surface area contributed by atoms with Crippen LogP contribution < -0.4 is 14.2 Å². The van der Waals surface area contributed by atoms with E-state index in [1.807, 2.05) is 19.9 Å². The van der Waals surface area contributed by atoms with Crippen LogP contribution in [-0.4, -0.2) is 23.8 Å². The summed E-state index contributed by atoms with van der Waals surface area (Å²) in [5.41, 5.74) is 1.89. The first-order valence-corrected chi connectivity index (χ1v) is 9.57.